The van der Waals surface area contributed by atoms with E-state index in [1.165, 1.54) is 11.2 Å². The molecular formula is C15H23ClN2O3S. The van der Waals surface area contributed by atoms with Crippen LogP contribution >= 0.6 is 11.6 Å². The molecule has 1 aromatic rings. The fourth-order valence-corrected chi connectivity index (χ4v) is 3.58. The standard InChI is InChI=1S/C15H23ClN2O3S/c1-4-18(12(2)11-22(3,20)21)15(19)17-10-9-13-7-5-6-8-14(13)16/h5-8,12H,4,9-11H2,1-3H3,(H,17,19). The van der Waals surface area contributed by atoms with Gasteiger partial charge in [-0.05, 0) is 31.9 Å². The molecule has 0 heterocycles. The van der Waals surface area contributed by atoms with Gasteiger partial charge < -0.3 is 10.2 Å². The normalized spacial score (nSPS) is 12.7. The smallest absolute Gasteiger partial charge is 0.317 e. The number of carbonyl (C=O) groups excluding carboxylic acids is 1. The van der Waals surface area contributed by atoms with Gasteiger partial charge in [-0.2, -0.15) is 0 Å². The molecule has 1 unspecified atom stereocenters. The fraction of sp³-hybridized carbons (Fsp3) is 0.533. The number of carbonyl (C=O) groups is 1. The van der Waals surface area contributed by atoms with Gasteiger partial charge in [0, 0.05) is 30.4 Å². The Morgan fingerprint density at radius 2 is 2.00 bits per heavy atom. The highest BCUT2D eigenvalue weighted by Gasteiger charge is 2.21. The molecule has 1 atom stereocenters. The first kappa shape index (κ1) is 18.8. The van der Waals surface area contributed by atoms with E-state index in [0.29, 0.717) is 24.5 Å². The number of rotatable bonds is 7. The van der Waals surface area contributed by atoms with Crippen molar-refractivity contribution < 1.29 is 13.2 Å². The number of hydrogen-bond acceptors (Lipinski definition) is 3. The van der Waals surface area contributed by atoms with Crippen LogP contribution in [0.4, 0.5) is 4.79 Å². The molecular weight excluding hydrogens is 324 g/mol. The van der Waals surface area contributed by atoms with Crippen LogP contribution in [0.15, 0.2) is 24.3 Å². The molecule has 1 aromatic carbocycles. The van der Waals surface area contributed by atoms with E-state index in [0.717, 1.165) is 5.56 Å². The van der Waals surface area contributed by atoms with Crippen molar-refractivity contribution >= 4 is 27.5 Å². The Kier molecular flexibility index (Phi) is 7.16. The lowest BCUT2D eigenvalue weighted by molar-refractivity contribution is 0.187. The summed E-state index contributed by atoms with van der Waals surface area (Å²) in [5.41, 5.74) is 0.969. The average Bonchev–Trinajstić information content (AvgIpc) is 2.39. The van der Waals surface area contributed by atoms with E-state index < -0.39 is 9.84 Å². The van der Waals surface area contributed by atoms with Gasteiger partial charge in [-0.15, -0.1) is 0 Å². The van der Waals surface area contributed by atoms with Crippen LogP contribution in [-0.2, 0) is 16.3 Å². The van der Waals surface area contributed by atoms with Crippen molar-refractivity contribution in [3.63, 3.8) is 0 Å². The first-order valence-corrected chi connectivity index (χ1v) is 9.64. The number of hydrogen-bond donors (Lipinski definition) is 1. The van der Waals surface area contributed by atoms with E-state index in [-0.39, 0.29) is 17.8 Å². The zero-order valence-electron chi connectivity index (χ0n) is 13.2. The van der Waals surface area contributed by atoms with Crippen LogP contribution in [0.1, 0.15) is 19.4 Å². The first-order chi connectivity index (χ1) is 10.2. The maximum Gasteiger partial charge on any atom is 0.317 e. The van der Waals surface area contributed by atoms with Crippen LogP contribution in [-0.4, -0.2) is 50.5 Å². The van der Waals surface area contributed by atoms with Gasteiger partial charge in [-0.25, -0.2) is 13.2 Å². The van der Waals surface area contributed by atoms with E-state index >= 15 is 0 Å². The van der Waals surface area contributed by atoms with Gasteiger partial charge in [0.25, 0.3) is 0 Å². The van der Waals surface area contributed by atoms with E-state index in [1.807, 2.05) is 31.2 Å². The van der Waals surface area contributed by atoms with Crippen molar-refractivity contribution in [3.05, 3.63) is 34.9 Å². The third-order valence-electron chi connectivity index (χ3n) is 3.31. The minimum Gasteiger partial charge on any atom is -0.338 e. The minimum absolute atomic E-state index is 0.0429. The number of sulfone groups is 1. The summed E-state index contributed by atoms with van der Waals surface area (Å²) in [5.74, 6) is -0.0429. The molecule has 1 rings (SSSR count). The maximum absolute atomic E-state index is 12.2. The largest absolute Gasteiger partial charge is 0.338 e. The van der Waals surface area contributed by atoms with E-state index in [2.05, 4.69) is 5.32 Å². The van der Waals surface area contributed by atoms with Crippen molar-refractivity contribution in [2.24, 2.45) is 0 Å². The average molecular weight is 347 g/mol. The van der Waals surface area contributed by atoms with Crippen molar-refractivity contribution in [2.45, 2.75) is 26.3 Å². The molecule has 0 aromatic heterocycles. The van der Waals surface area contributed by atoms with Crippen molar-refractivity contribution in [1.29, 1.82) is 0 Å². The molecule has 7 heteroatoms. The molecule has 0 aliphatic rings. The van der Waals surface area contributed by atoms with Gasteiger partial charge >= 0.3 is 6.03 Å². The molecule has 0 aliphatic heterocycles. The van der Waals surface area contributed by atoms with Gasteiger partial charge in [0.05, 0.1) is 5.75 Å². The maximum atomic E-state index is 12.2. The molecule has 2 amide bonds. The third-order valence-corrected chi connectivity index (χ3v) is 4.76. The van der Waals surface area contributed by atoms with Gasteiger partial charge in [0.15, 0.2) is 0 Å². The number of benzene rings is 1. The first-order valence-electron chi connectivity index (χ1n) is 7.20. The lowest BCUT2D eigenvalue weighted by Crippen LogP contribution is -2.47. The molecule has 0 saturated carbocycles. The van der Waals surface area contributed by atoms with Gasteiger partial charge in [-0.1, -0.05) is 29.8 Å². The van der Waals surface area contributed by atoms with Gasteiger partial charge in [0.1, 0.15) is 9.84 Å². The number of nitrogens with one attached hydrogen (secondary N) is 1. The van der Waals surface area contributed by atoms with Crippen LogP contribution < -0.4 is 5.32 Å². The van der Waals surface area contributed by atoms with Crippen LogP contribution in [0.25, 0.3) is 0 Å². The second-order valence-corrected chi connectivity index (χ2v) is 7.89. The van der Waals surface area contributed by atoms with E-state index in [1.54, 1.807) is 6.92 Å². The molecule has 0 aliphatic carbocycles. The van der Waals surface area contributed by atoms with Crippen LogP contribution in [0, 0.1) is 0 Å². The highest BCUT2D eigenvalue weighted by molar-refractivity contribution is 7.90. The lowest BCUT2D eigenvalue weighted by Gasteiger charge is -2.27. The van der Waals surface area contributed by atoms with Crippen LogP contribution in [0.5, 0.6) is 0 Å². The predicted molar refractivity (Wildman–Crippen MR) is 90.1 cm³/mol. The summed E-state index contributed by atoms with van der Waals surface area (Å²) in [4.78, 5) is 13.7. The quantitative estimate of drug-likeness (QED) is 0.824. The highest BCUT2D eigenvalue weighted by atomic mass is 35.5. The Morgan fingerprint density at radius 1 is 1.36 bits per heavy atom. The van der Waals surface area contributed by atoms with E-state index in [9.17, 15) is 13.2 Å². The Bertz CT molecular complexity index is 605. The zero-order valence-corrected chi connectivity index (χ0v) is 14.7. The Hall–Kier alpha value is -1.27. The molecule has 0 spiro atoms. The minimum atomic E-state index is -3.12. The number of amides is 2. The zero-order chi connectivity index (χ0) is 16.8. The summed E-state index contributed by atoms with van der Waals surface area (Å²) >= 11 is 6.06. The molecule has 0 radical (unpaired) electrons. The summed E-state index contributed by atoms with van der Waals surface area (Å²) in [5, 5.41) is 3.49. The number of nitrogens with zero attached hydrogens (tertiary/aromatic N) is 1. The number of urea groups is 1. The van der Waals surface area contributed by atoms with Crippen LogP contribution in [0.2, 0.25) is 5.02 Å². The topological polar surface area (TPSA) is 66.5 Å². The molecule has 124 valence electrons. The Morgan fingerprint density at radius 3 is 2.55 bits per heavy atom. The van der Waals surface area contributed by atoms with Crippen molar-refractivity contribution in [3.8, 4) is 0 Å². The van der Waals surface area contributed by atoms with Crippen molar-refractivity contribution in [1.82, 2.24) is 10.2 Å². The molecule has 5 nitrogen and oxygen atoms in total. The molecule has 1 N–H and O–H groups in total. The monoisotopic (exact) mass is 346 g/mol. The summed E-state index contributed by atoms with van der Waals surface area (Å²) in [6.45, 7) is 4.46. The Labute approximate surface area is 137 Å². The number of halogens is 1. The van der Waals surface area contributed by atoms with Gasteiger partial charge in [0.2, 0.25) is 0 Å². The second-order valence-electron chi connectivity index (χ2n) is 5.30. The molecule has 0 saturated heterocycles. The SMILES string of the molecule is CCN(C(=O)NCCc1ccccc1Cl)C(C)CS(C)(=O)=O. The van der Waals surface area contributed by atoms with E-state index in [4.69, 9.17) is 11.6 Å². The second kappa shape index (κ2) is 8.39. The third kappa shape index (κ3) is 6.23. The molecule has 0 bridgehead atoms. The predicted octanol–water partition coefficient (Wildman–Crippen LogP) is 2.35. The van der Waals surface area contributed by atoms with Gasteiger partial charge in [-0.3, -0.25) is 0 Å². The summed E-state index contributed by atoms with van der Waals surface area (Å²) in [7, 11) is -3.12. The summed E-state index contributed by atoms with van der Waals surface area (Å²) < 4.78 is 22.7. The summed E-state index contributed by atoms with van der Waals surface area (Å²) in [6, 6.07) is 6.86. The van der Waals surface area contributed by atoms with Crippen molar-refractivity contribution in [2.75, 3.05) is 25.1 Å². The van der Waals surface area contributed by atoms with Crippen LogP contribution in [0.3, 0.4) is 0 Å². The Balaban J connectivity index is 2.53. The lowest BCUT2D eigenvalue weighted by atomic mass is 10.1. The highest BCUT2D eigenvalue weighted by Crippen LogP contribution is 2.14. The molecule has 0 fully saturated rings. The molecule has 22 heavy (non-hydrogen) atoms. The fourth-order valence-electron chi connectivity index (χ4n) is 2.29. The summed E-state index contributed by atoms with van der Waals surface area (Å²) in [6.07, 6.45) is 1.80.